The van der Waals surface area contributed by atoms with E-state index in [2.05, 4.69) is 44.9 Å². The summed E-state index contributed by atoms with van der Waals surface area (Å²) in [5, 5.41) is 23.1. The molecule has 24 heavy (non-hydrogen) atoms. The number of nitrogens with one attached hydrogen (secondary N) is 2. The lowest BCUT2D eigenvalue weighted by Crippen LogP contribution is -2.03. The number of aromatic nitrogens is 3. The SMILES string of the molecule is Cc1ccc(Nc2nncc(Nc3ccc(C#N)cc3)n2)c(C)c1. The molecular formula is C18H16N6. The number of benzene rings is 2. The first-order chi connectivity index (χ1) is 11.6. The summed E-state index contributed by atoms with van der Waals surface area (Å²) in [6.07, 6.45) is 1.55. The van der Waals surface area contributed by atoms with Crippen LogP contribution in [0.4, 0.5) is 23.1 Å². The average molecular weight is 316 g/mol. The van der Waals surface area contributed by atoms with Crippen LogP contribution in [0.25, 0.3) is 0 Å². The minimum Gasteiger partial charge on any atom is -0.339 e. The lowest BCUT2D eigenvalue weighted by Gasteiger charge is -2.10. The van der Waals surface area contributed by atoms with Gasteiger partial charge >= 0.3 is 0 Å². The second-order valence-electron chi connectivity index (χ2n) is 5.42. The van der Waals surface area contributed by atoms with Gasteiger partial charge in [0.15, 0.2) is 5.82 Å². The third-order valence-electron chi connectivity index (χ3n) is 3.47. The van der Waals surface area contributed by atoms with E-state index in [9.17, 15) is 0 Å². The lowest BCUT2D eigenvalue weighted by atomic mass is 10.1. The quantitative estimate of drug-likeness (QED) is 0.760. The van der Waals surface area contributed by atoms with Crippen molar-refractivity contribution in [3.63, 3.8) is 0 Å². The fraction of sp³-hybridized carbons (Fsp3) is 0.111. The Morgan fingerprint density at radius 2 is 1.79 bits per heavy atom. The van der Waals surface area contributed by atoms with Crippen LogP contribution in [0.15, 0.2) is 48.7 Å². The zero-order valence-corrected chi connectivity index (χ0v) is 13.4. The maximum absolute atomic E-state index is 8.82. The first-order valence-electron chi connectivity index (χ1n) is 7.45. The molecule has 0 atom stereocenters. The predicted octanol–water partition coefficient (Wildman–Crippen LogP) is 3.85. The molecule has 2 N–H and O–H groups in total. The van der Waals surface area contributed by atoms with Crippen LogP contribution in [0.3, 0.4) is 0 Å². The molecule has 0 aliphatic rings. The van der Waals surface area contributed by atoms with Gasteiger partial charge in [0.2, 0.25) is 5.95 Å². The molecule has 1 aromatic heterocycles. The Hall–Kier alpha value is -3.46. The number of hydrogen-bond acceptors (Lipinski definition) is 6. The van der Waals surface area contributed by atoms with Crippen LogP contribution < -0.4 is 10.6 Å². The van der Waals surface area contributed by atoms with Crippen molar-refractivity contribution in [3.05, 3.63) is 65.4 Å². The number of hydrogen-bond donors (Lipinski definition) is 2. The second kappa shape index (κ2) is 6.75. The molecule has 0 aliphatic carbocycles. The van der Waals surface area contributed by atoms with Crippen LogP contribution in [0.2, 0.25) is 0 Å². The molecule has 0 aliphatic heterocycles. The van der Waals surface area contributed by atoms with Gasteiger partial charge in [0.05, 0.1) is 17.8 Å². The molecule has 118 valence electrons. The van der Waals surface area contributed by atoms with E-state index < -0.39 is 0 Å². The summed E-state index contributed by atoms with van der Waals surface area (Å²) in [4.78, 5) is 4.41. The van der Waals surface area contributed by atoms with E-state index in [-0.39, 0.29) is 0 Å². The van der Waals surface area contributed by atoms with Crippen LogP contribution in [-0.4, -0.2) is 15.2 Å². The van der Waals surface area contributed by atoms with Gasteiger partial charge in [-0.2, -0.15) is 15.3 Å². The minimum absolute atomic E-state index is 0.417. The van der Waals surface area contributed by atoms with E-state index in [0.717, 1.165) is 16.9 Å². The van der Waals surface area contributed by atoms with Gasteiger partial charge < -0.3 is 10.6 Å². The van der Waals surface area contributed by atoms with Crippen molar-refractivity contribution in [2.24, 2.45) is 0 Å². The first-order valence-corrected chi connectivity index (χ1v) is 7.45. The van der Waals surface area contributed by atoms with E-state index >= 15 is 0 Å². The topological polar surface area (TPSA) is 86.5 Å². The molecule has 2 aromatic carbocycles. The highest BCUT2D eigenvalue weighted by atomic mass is 15.3. The summed E-state index contributed by atoms with van der Waals surface area (Å²) in [7, 11) is 0. The van der Waals surface area contributed by atoms with Crippen molar-refractivity contribution in [1.82, 2.24) is 15.2 Å². The summed E-state index contributed by atoms with van der Waals surface area (Å²) in [5.41, 5.74) is 4.70. The highest BCUT2D eigenvalue weighted by Crippen LogP contribution is 2.20. The molecule has 3 rings (SSSR count). The number of nitrogens with zero attached hydrogens (tertiary/aromatic N) is 4. The van der Waals surface area contributed by atoms with Crippen molar-refractivity contribution in [3.8, 4) is 6.07 Å². The molecule has 3 aromatic rings. The maximum atomic E-state index is 8.82. The highest BCUT2D eigenvalue weighted by Gasteiger charge is 2.04. The van der Waals surface area contributed by atoms with E-state index in [1.807, 2.05) is 31.2 Å². The molecule has 0 saturated carbocycles. The van der Waals surface area contributed by atoms with Gasteiger partial charge in [-0.05, 0) is 49.7 Å². The van der Waals surface area contributed by atoms with Crippen LogP contribution in [0.5, 0.6) is 0 Å². The fourth-order valence-electron chi connectivity index (χ4n) is 2.27. The maximum Gasteiger partial charge on any atom is 0.249 e. The second-order valence-corrected chi connectivity index (χ2v) is 5.42. The van der Waals surface area contributed by atoms with Gasteiger partial charge in [0.1, 0.15) is 0 Å². The summed E-state index contributed by atoms with van der Waals surface area (Å²) >= 11 is 0. The molecule has 0 bridgehead atoms. The predicted molar refractivity (Wildman–Crippen MR) is 93.5 cm³/mol. The largest absolute Gasteiger partial charge is 0.339 e. The first kappa shape index (κ1) is 15.4. The highest BCUT2D eigenvalue weighted by molar-refractivity contribution is 5.61. The standard InChI is InChI=1S/C18H16N6/c1-12-3-8-16(13(2)9-12)22-18-23-17(11-20-24-18)21-15-6-4-14(10-19)5-7-15/h3-9,11H,1-2H3,(H2,21,22,23,24). The van der Waals surface area contributed by atoms with Gasteiger partial charge in [-0.3, -0.25) is 0 Å². The lowest BCUT2D eigenvalue weighted by molar-refractivity contribution is 0.981. The number of nitriles is 1. The van der Waals surface area contributed by atoms with Gasteiger partial charge in [0, 0.05) is 11.4 Å². The Bertz CT molecular complexity index is 896. The van der Waals surface area contributed by atoms with E-state index in [1.54, 1.807) is 18.3 Å². The molecule has 0 fully saturated rings. The zero-order chi connectivity index (χ0) is 16.9. The number of anilines is 4. The molecule has 0 unspecified atom stereocenters. The van der Waals surface area contributed by atoms with Crippen LogP contribution in [0.1, 0.15) is 16.7 Å². The van der Waals surface area contributed by atoms with E-state index in [1.165, 1.54) is 5.56 Å². The summed E-state index contributed by atoms with van der Waals surface area (Å²) in [6.45, 7) is 4.08. The molecule has 0 radical (unpaired) electrons. The number of rotatable bonds is 4. The number of aryl methyl sites for hydroxylation is 2. The molecule has 1 heterocycles. The van der Waals surface area contributed by atoms with Gasteiger partial charge in [-0.15, -0.1) is 5.10 Å². The molecule has 6 nitrogen and oxygen atoms in total. The summed E-state index contributed by atoms with van der Waals surface area (Å²) in [5.74, 6) is 0.988. The van der Waals surface area contributed by atoms with E-state index in [0.29, 0.717) is 17.3 Å². The summed E-state index contributed by atoms with van der Waals surface area (Å²) in [6, 6.07) is 15.3. The van der Waals surface area contributed by atoms with Crippen LogP contribution in [-0.2, 0) is 0 Å². The Labute approximate surface area is 140 Å². The Kier molecular flexibility index (Phi) is 4.34. The molecule has 0 spiro atoms. The monoisotopic (exact) mass is 316 g/mol. The molecule has 6 heteroatoms. The Morgan fingerprint density at radius 1 is 1.00 bits per heavy atom. The van der Waals surface area contributed by atoms with Gasteiger partial charge in [0.25, 0.3) is 0 Å². The van der Waals surface area contributed by atoms with Gasteiger partial charge in [-0.25, -0.2) is 0 Å². The smallest absolute Gasteiger partial charge is 0.249 e. The zero-order valence-electron chi connectivity index (χ0n) is 13.4. The van der Waals surface area contributed by atoms with Crippen LogP contribution >= 0.6 is 0 Å². The third-order valence-corrected chi connectivity index (χ3v) is 3.47. The fourth-order valence-corrected chi connectivity index (χ4v) is 2.27. The molecular weight excluding hydrogens is 300 g/mol. The average Bonchev–Trinajstić information content (AvgIpc) is 2.58. The van der Waals surface area contributed by atoms with Crippen molar-refractivity contribution in [1.29, 1.82) is 5.26 Å². The van der Waals surface area contributed by atoms with Crippen molar-refractivity contribution >= 4 is 23.1 Å². The van der Waals surface area contributed by atoms with E-state index in [4.69, 9.17) is 5.26 Å². The minimum atomic E-state index is 0.417. The van der Waals surface area contributed by atoms with Crippen molar-refractivity contribution in [2.45, 2.75) is 13.8 Å². The third kappa shape index (κ3) is 3.65. The van der Waals surface area contributed by atoms with Gasteiger partial charge in [-0.1, -0.05) is 17.7 Å². The summed E-state index contributed by atoms with van der Waals surface area (Å²) < 4.78 is 0. The molecule has 0 saturated heterocycles. The Balaban J connectivity index is 1.77. The normalized spacial score (nSPS) is 10.0. The van der Waals surface area contributed by atoms with Crippen molar-refractivity contribution in [2.75, 3.05) is 10.6 Å². The molecule has 0 amide bonds. The van der Waals surface area contributed by atoms with Crippen molar-refractivity contribution < 1.29 is 0 Å². The Morgan fingerprint density at radius 3 is 2.50 bits per heavy atom. The van der Waals surface area contributed by atoms with Crippen LogP contribution in [0, 0.1) is 25.2 Å².